The quantitative estimate of drug-likeness (QED) is 0.617. The van der Waals surface area contributed by atoms with Gasteiger partial charge >= 0.3 is 0 Å². The van der Waals surface area contributed by atoms with Crippen LogP contribution in [-0.2, 0) is 9.59 Å². The van der Waals surface area contributed by atoms with Gasteiger partial charge in [0.25, 0.3) is 0 Å². The van der Waals surface area contributed by atoms with E-state index in [0.29, 0.717) is 0 Å². The maximum atomic E-state index is 10.8. The van der Waals surface area contributed by atoms with Crippen molar-refractivity contribution in [2.45, 2.75) is 13.8 Å². The van der Waals surface area contributed by atoms with E-state index in [0.717, 1.165) is 11.4 Å². The van der Waals surface area contributed by atoms with Gasteiger partial charge in [-0.15, -0.1) is 0 Å². The van der Waals surface area contributed by atoms with Gasteiger partial charge in [-0.3, -0.25) is 9.59 Å². The van der Waals surface area contributed by atoms with E-state index >= 15 is 0 Å². The molecule has 0 saturated heterocycles. The molecule has 20 heavy (non-hydrogen) atoms. The fraction of sp³-hybridized carbons (Fsp3) is 0.167. The summed E-state index contributed by atoms with van der Waals surface area (Å²) >= 11 is 9.87. The summed E-state index contributed by atoms with van der Waals surface area (Å²) < 4.78 is 0. The molecular formula is C12H14N4O2S2. The van der Waals surface area contributed by atoms with Crippen LogP contribution in [0.25, 0.3) is 0 Å². The minimum Gasteiger partial charge on any atom is -0.332 e. The predicted molar refractivity (Wildman–Crippen MR) is 86.5 cm³/mol. The average Bonchev–Trinajstić information content (AvgIpc) is 2.29. The Hall–Kier alpha value is -2.06. The van der Waals surface area contributed by atoms with Crippen LogP contribution in [0.1, 0.15) is 13.8 Å². The largest absolute Gasteiger partial charge is 0.332 e. The van der Waals surface area contributed by atoms with Gasteiger partial charge in [0.15, 0.2) is 10.2 Å². The second kappa shape index (κ2) is 7.51. The van der Waals surface area contributed by atoms with E-state index in [1.807, 2.05) is 0 Å². The highest BCUT2D eigenvalue weighted by atomic mass is 32.1. The number of rotatable bonds is 2. The molecule has 8 heteroatoms. The lowest BCUT2D eigenvalue weighted by Crippen LogP contribution is -2.32. The van der Waals surface area contributed by atoms with E-state index in [1.54, 1.807) is 24.3 Å². The van der Waals surface area contributed by atoms with E-state index in [2.05, 4.69) is 21.3 Å². The molecule has 0 aliphatic carbocycles. The topological polar surface area (TPSA) is 82.3 Å². The Labute approximate surface area is 127 Å². The number of amides is 2. The highest BCUT2D eigenvalue weighted by Crippen LogP contribution is 2.13. The van der Waals surface area contributed by atoms with E-state index < -0.39 is 0 Å². The molecule has 0 aromatic heterocycles. The molecule has 1 aromatic rings. The minimum atomic E-state index is -0.235. The van der Waals surface area contributed by atoms with E-state index in [1.165, 1.54) is 13.8 Å². The Bertz CT molecular complexity index is 494. The lowest BCUT2D eigenvalue weighted by molar-refractivity contribution is -0.118. The van der Waals surface area contributed by atoms with Crippen LogP contribution in [0.4, 0.5) is 11.4 Å². The lowest BCUT2D eigenvalue weighted by Gasteiger charge is -2.10. The first-order chi connectivity index (χ1) is 9.36. The number of benzene rings is 1. The number of nitrogens with one attached hydrogen (secondary N) is 4. The summed E-state index contributed by atoms with van der Waals surface area (Å²) in [5.74, 6) is -0.470. The lowest BCUT2D eigenvalue weighted by atomic mass is 10.3. The first-order valence-corrected chi connectivity index (χ1v) is 6.45. The van der Waals surface area contributed by atoms with Crippen LogP contribution in [-0.4, -0.2) is 22.0 Å². The van der Waals surface area contributed by atoms with E-state index in [9.17, 15) is 9.59 Å². The van der Waals surface area contributed by atoms with Crippen LogP contribution >= 0.6 is 24.4 Å². The Morgan fingerprint density at radius 1 is 0.800 bits per heavy atom. The molecule has 4 N–H and O–H groups in total. The summed E-state index contributed by atoms with van der Waals surface area (Å²) in [6.45, 7) is 2.76. The van der Waals surface area contributed by atoms with E-state index in [-0.39, 0.29) is 22.0 Å². The van der Waals surface area contributed by atoms with Gasteiger partial charge in [0.2, 0.25) is 11.8 Å². The number of anilines is 2. The van der Waals surface area contributed by atoms with Crippen LogP contribution in [0, 0.1) is 0 Å². The van der Waals surface area contributed by atoms with Crippen molar-refractivity contribution in [3.05, 3.63) is 24.3 Å². The zero-order valence-electron chi connectivity index (χ0n) is 10.9. The summed E-state index contributed by atoms with van der Waals surface area (Å²) in [6, 6.07) is 7.03. The zero-order chi connectivity index (χ0) is 15.1. The van der Waals surface area contributed by atoms with Crippen molar-refractivity contribution < 1.29 is 9.59 Å². The van der Waals surface area contributed by atoms with Crippen molar-refractivity contribution in [1.82, 2.24) is 10.6 Å². The molecule has 0 spiro atoms. The van der Waals surface area contributed by atoms with Gasteiger partial charge < -0.3 is 21.3 Å². The van der Waals surface area contributed by atoms with Crippen molar-refractivity contribution in [1.29, 1.82) is 0 Å². The first-order valence-electron chi connectivity index (χ1n) is 5.64. The molecule has 0 heterocycles. The zero-order valence-corrected chi connectivity index (χ0v) is 12.6. The van der Waals surface area contributed by atoms with E-state index in [4.69, 9.17) is 24.4 Å². The normalized spacial score (nSPS) is 9.30. The molecule has 2 amide bonds. The van der Waals surface area contributed by atoms with Crippen molar-refractivity contribution in [3.63, 3.8) is 0 Å². The minimum absolute atomic E-state index is 0.229. The van der Waals surface area contributed by atoms with Crippen molar-refractivity contribution in [2.75, 3.05) is 10.6 Å². The summed E-state index contributed by atoms with van der Waals surface area (Å²) in [7, 11) is 0. The third-order valence-corrected chi connectivity index (χ3v) is 2.39. The molecule has 1 aromatic carbocycles. The van der Waals surface area contributed by atoms with Gasteiger partial charge in [0, 0.05) is 25.2 Å². The summed E-state index contributed by atoms with van der Waals surface area (Å²) in [5.41, 5.74) is 1.44. The first kappa shape index (κ1) is 16.0. The van der Waals surface area contributed by atoms with Gasteiger partial charge in [-0.25, -0.2) is 0 Å². The Morgan fingerprint density at radius 2 is 1.10 bits per heavy atom. The molecule has 0 atom stereocenters. The van der Waals surface area contributed by atoms with Crippen LogP contribution < -0.4 is 21.3 Å². The molecule has 0 unspecified atom stereocenters. The maximum Gasteiger partial charge on any atom is 0.222 e. The van der Waals surface area contributed by atoms with Gasteiger partial charge in [-0.1, -0.05) is 0 Å². The number of carbonyl (C=O) groups is 2. The number of carbonyl (C=O) groups excluding carboxylic acids is 2. The second-order valence-corrected chi connectivity index (χ2v) is 4.66. The molecule has 0 saturated carbocycles. The Kier molecular flexibility index (Phi) is 6.01. The molecule has 0 fully saturated rings. The van der Waals surface area contributed by atoms with Crippen molar-refractivity contribution in [2.24, 2.45) is 0 Å². The van der Waals surface area contributed by atoms with Gasteiger partial charge in [-0.2, -0.15) is 0 Å². The monoisotopic (exact) mass is 310 g/mol. The van der Waals surface area contributed by atoms with Crippen molar-refractivity contribution in [3.8, 4) is 0 Å². The molecule has 0 aliphatic heterocycles. The fourth-order valence-corrected chi connectivity index (χ4v) is 1.80. The molecule has 106 valence electrons. The standard InChI is InChI=1S/C12H14N4O2S2/c1-7(17)13-11(19)15-9-3-5-10(6-4-9)16-12(20)14-8(2)18/h3-6H,1-2H3,(H2,13,15,17,19)(H2,14,16,18,20). The van der Waals surface area contributed by atoms with Crippen molar-refractivity contribution >= 4 is 57.8 Å². The Balaban J connectivity index is 2.56. The molecule has 0 bridgehead atoms. The highest BCUT2D eigenvalue weighted by molar-refractivity contribution is 7.80. The van der Waals surface area contributed by atoms with Crippen LogP contribution in [0.3, 0.4) is 0 Å². The molecular weight excluding hydrogens is 296 g/mol. The van der Waals surface area contributed by atoms with Gasteiger partial charge in [0.05, 0.1) is 0 Å². The number of hydrogen-bond acceptors (Lipinski definition) is 4. The van der Waals surface area contributed by atoms with Gasteiger partial charge in [-0.05, 0) is 48.7 Å². The molecule has 0 radical (unpaired) electrons. The predicted octanol–water partition coefficient (Wildman–Crippen LogP) is 1.35. The third-order valence-electron chi connectivity index (χ3n) is 1.98. The number of hydrogen-bond donors (Lipinski definition) is 4. The average molecular weight is 310 g/mol. The van der Waals surface area contributed by atoms with Crippen LogP contribution in [0.5, 0.6) is 0 Å². The summed E-state index contributed by atoms with van der Waals surface area (Å²) in [4.78, 5) is 21.6. The van der Waals surface area contributed by atoms with Gasteiger partial charge in [0.1, 0.15) is 0 Å². The maximum absolute atomic E-state index is 10.8. The summed E-state index contributed by atoms with van der Waals surface area (Å²) in [6.07, 6.45) is 0. The molecule has 6 nitrogen and oxygen atoms in total. The molecule has 0 aliphatic rings. The molecule has 1 rings (SSSR count). The summed E-state index contributed by atoms with van der Waals surface area (Å²) in [5, 5.41) is 11.1. The highest BCUT2D eigenvalue weighted by Gasteiger charge is 2.02. The van der Waals surface area contributed by atoms with Crippen LogP contribution in [0.2, 0.25) is 0 Å². The van der Waals surface area contributed by atoms with Crippen LogP contribution in [0.15, 0.2) is 24.3 Å². The SMILES string of the molecule is CC(=O)NC(=S)Nc1ccc(NC(=S)NC(C)=O)cc1. The number of thiocarbonyl (C=S) groups is 2. The third kappa shape index (κ3) is 6.21. The fourth-order valence-electron chi connectivity index (χ4n) is 1.28. The Morgan fingerprint density at radius 3 is 1.35 bits per heavy atom. The smallest absolute Gasteiger partial charge is 0.222 e. The second-order valence-electron chi connectivity index (χ2n) is 3.85.